The van der Waals surface area contributed by atoms with Crippen molar-refractivity contribution >= 4 is 40.7 Å². The number of nitrogens with one attached hydrogen (secondary N) is 2. The van der Waals surface area contributed by atoms with Crippen molar-refractivity contribution in [3.63, 3.8) is 0 Å². The zero-order valence-corrected chi connectivity index (χ0v) is 19.3. The van der Waals surface area contributed by atoms with E-state index in [9.17, 15) is 0 Å². The Morgan fingerprint density at radius 1 is 1.23 bits per heavy atom. The molecule has 9 heteroatoms. The highest BCUT2D eigenvalue weighted by molar-refractivity contribution is 7.80. The lowest BCUT2D eigenvalue weighted by molar-refractivity contribution is 0.122. The van der Waals surface area contributed by atoms with Gasteiger partial charge >= 0.3 is 0 Å². The molecule has 0 atom stereocenters. The number of halogens is 1. The Balaban J connectivity index is 1.44. The molecule has 2 N–H and O–H groups in total. The Kier molecular flexibility index (Phi) is 7.09. The minimum Gasteiger partial charge on any atom is -0.481 e. The Morgan fingerprint density at radius 2 is 2.00 bits per heavy atom. The lowest BCUT2D eigenvalue weighted by Crippen LogP contribution is -2.41. The molecule has 4 rings (SSSR count). The van der Waals surface area contributed by atoms with Gasteiger partial charge in [0.25, 0.3) is 0 Å². The summed E-state index contributed by atoms with van der Waals surface area (Å²) in [6, 6.07) is 10.0. The quantitative estimate of drug-likeness (QED) is 0.630. The van der Waals surface area contributed by atoms with E-state index < -0.39 is 0 Å². The summed E-state index contributed by atoms with van der Waals surface area (Å²) in [5, 5.41) is 7.79. The minimum absolute atomic E-state index is 0.0326. The van der Waals surface area contributed by atoms with Crippen molar-refractivity contribution in [3.05, 3.63) is 40.9 Å². The van der Waals surface area contributed by atoms with Crippen LogP contribution in [0.1, 0.15) is 31.2 Å². The molecule has 1 saturated heterocycles. The van der Waals surface area contributed by atoms with Crippen molar-refractivity contribution in [2.24, 2.45) is 0 Å². The first-order valence-electron chi connectivity index (χ1n) is 10.6. The highest BCUT2D eigenvalue weighted by Gasteiger charge is 2.35. The average molecular weight is 462 g/mol. The van der Waals surface area contributed by atoms with Gasteiger partial charge in [-0.2, -0.15) is 9.97 Å². The maximum atomic E-state index is 6.26. The van der Waals surface area contributed by atoms with Crippen molar-refractivity contribution in [2.45, 2.75) is 31.1 Å². The first-order chi connectivity index (χ1) is 15.1. The van der Waals surface area contributed by atoms with Crippen molar-refractivity contribution in [2.75, 3.05) is 50.2 Å². The third-order valence-electron chi connectivity index (χ3n) is 6.04. The van der Waals surface area contributed by atoms with Crippen LogP contribution >= 0.6 is 23.8 Å². The highest BCUT2D eigenvalue weighted by Crippen LogP contribution is 2.41. The van der Waals surface area contributed by atoms with Crippen LogP contribution in [0.4, 0.5) is 11.8 Å². The van der Waals surface area contributed by atoms with Gasteiger partial charge in [0.2, 0.25) is 11.8 Å². The fourth-order valence-electron chi connectivity index (χ4n) is 4.36. The number of hydrogen-bond acceptors (Lipinski definition) is 6. The molecule has 7 nitrogen and oxygen atoms in total. The number of morpholine rings is 1. The molecular weight excluding hydrogens is 434 g/mol. The van der Waals surface area contributed by atoms with Crippen molar-refractivity contribution in [3.8, 4) is 5.88 Å². The topological polar surface area (TPSA) is 71.5 Å². The second-order valence-electron chi connectivity index (χ2n) is 8.00. The van der Waals surface area contributed by atoms with Gasteiger partial charge in [-0.25, -0.2) is 0 Å². The molecule has 166 valence electrons. The van der Waals surface area contributed by atoms with E-state index in [-0.39, 0.29) is 5.41 Å². The van der Waals surface area contributed by atoms with Gasteiger partial charge in [0.05, 0.1) is 20.3 Å². The highest BCUT2D eigenvalue weighted by atomic mass is 35.5. The summed E-state index contributed by atoms with van der Waals surface area (Å²) < 4.78 is 10.8. The van der Waals surface area contributed by atoms with Crippen LogP contribution in [0.3, 0.4) is 0 Å². The molecule has 0 unspecified atom stereocenters. The maximum absolute atomic E-state index is 6.26. The molecule has 2 aliphatic rings. The monoisotopic (exact) mass is 461 g/mol. The van der Waals surface area contributed by atoms with E-state index in [4.69, 9.17) is 33.3 Å². The third kappa shape index (κ3) is 5.37. The van der Waals surface area contributed by atoms with Crippen molar-refractivity contribution in [1.29, 1.82) is 0 Å². The number of benzene rings is 1. The van der Waals surface area contributed by atoms with Crippen LogP contribution in [-0.2, 0) is 10.2 Å². The van der Waals surface area contributed by atoms with E-state index in [1.54, 1.807) is 7.11 Å². The summed E-state index contributed by atoms with van der Waals surface area (Å²) in [7, 11) is 1.60. The second-order valence-corrected chi connectivity index (χ2v) is 8.84. The molecule has 0 spiro atoms. The van der Waals surface area contributed by atoms with E-state index in [1.807, 2.05) is 18.2 Å². The maximum Gasteiger partial charge on any atom is 0.234 e. The van der Waals surface area contributed by atoms with E-state index in [2.05, 4.69) is 37.6 Å². The van der Waals surface area contributed by atoms with Gasteiger partial charge < -0.3 is 25.0 Å². The Labute approximate surface area is 193 Å². The van der Waals surface area contributed by atoms with Gasteiger partial charge in [0.1, 0.15) is 5.82 Å². The number of thiocarbonyl (C=S) groups is 1. The first kappa shape index (κ1) is 22.0. The lowest BCUT2D eigenvalue weighted by atomic mass is 9.79. The van der Waals surface area contributed by atoms with E-state index in [0.717, 1.165) is 43.3 Å². The fourth-order valence-corrected chi connectivity index (χ4v) is 4.71. The van der Waals surface area contributed by atoms with Crippen molar-refractivity contribution < 1.29 is 9.47 Å². The van der Waals surface area contributed by atoms with Gasteiger partial charge in [0, 0.05) is 36.1 Å². The first-order valence-corrected chi connectivity index (χ1v) is 11.4. The van der Waals surface area contributed by atoms with Crippen LogP contribution in [0.5, 0.6) is 5.88 Å². The molecule has 31 heavy (non-hydrogen) atoms. The molecule has 2 aromatic rings. The Bertz CT molecular complexity index is 917. The number of anilines is 2. The molecule has 0 radical (unpaired) electrons. The number of methoxy groups -OCH3 is 1. The number of rotatable bonds is 6. The largest absolute Gasteiger partial charge is 0.481 e. The van der Waals surface area contributed by atoms with Gasteiger partial charge in [0.15, 0.2) is 5.11 Å². The average Bonchev–Trinajstić information content (AvgIpc) is 3.28. The zero-order valence-electron chi connectivity index (χ0n) is 17.7. The number of hydrogen-bond donors (Lipinski definition) is 2. The van der Waals surface area contributed by atoms with Gasteiger partial charge in [-0.15, -0.1) is 0 Å². The smallest absolute Gasteiger partial charge is 0.234 e. The summed E-state index contributed by atoms with van der Waals surface area (Å²) in [6.07, 6.45) is 4.63. The zero-order chi connectivity index (χ0) is 21.7. The molecule has 2 fully saturated rings. The predicted octanol–water partition coefficient (Wildman–Crippen LogP) is 3.77. The van der Waals surface area contributed by atoms with Crippen LogP contribution in [0.2, 0.25) is 5.02 Å². The normalized spacial score (nSPS) is 17.9. The summed E-state index contributed by atoms with van der Waals surface area (Å²) >= 11 is 11.8. The Hall–Kier alpha value is -2.16. The van der Waals surface area contributed by atoms with Gasteiger partial charge in [-0.1, -0.05) is 36.6 Å². The molecule has 1 saturated carbocycles. The van der Waals surface area contributed by atoms with Crippen molar-refractivity contribution in [1.82, 2.24) is 15.3 Å². The third-order valence-corrected chi connectivity index (χ3v) is 6.53. The van der Waals surface area contributed by atoms with E-state index in [0.29, 0.717) is 30.2 Å². The minimum atomic E-state index is 0.0326. The molecule has 1 aromatic heterocycles. The van der Waals surface area contributed by atoms with Gasteiger partial charge in [-0.3, -0.25) is 0 Å². The van der Waals surface area contributed by atoms with Crippen LogP contribution in [0.15, 0.2) is 30.3 Å². The predicted molar refractivity (Wildman–Crippen MR) is 127 cm³/mol. The van der Waals surface area contributed by atoms with Crippen LogP contribution in [0, 0.1) is 0 Å². The SMILES string of the molecule is COc1cc(N2CCOCC2)nc(NC(=S)NCC2(c3cccc(Cl)c3)CCCC2)n1. The molecule has 0 amide bonds. The summed E-state index contributed by atoms with van der Waals surface area (Å²) in [5.74, 6) is 1.71. The van der Waals surface area contributed by atoms with E-state index >= 15 is 0 Å². The number of aromatic nitrogens is 2. The molecule has 2 heterocycles. The van der Waals surface area contributed by atoms with E-state index in [1.165, 1.54) is 18.4 Å². The number of ether oxygens (including phenoxy) is 2. The lowest BCUT2D eigenvalue weighted by Gasteiger charge is -2.31. The molecule has 1 aromatic carbocycles. The summed E-state index contributed by atoms with van der Waals surface area (Å²) in [4.78, 5) is 11.2. The molecule has 0 bridgehead atoms. The van der Waals surface area contributed by atoms with Crippen LogP contribution in [0.25, 0.3) is 0 Å². The Morgan fingerprint density at radius 3 is 2.71 bits per heavy atom. The molecule has 1 aliphatic heterocycles. The van der Waals surface area contributed by atoms with Gasteiger partial charge in [-0.05, 0) is 42.8 Å². The summed E-state index contributed by atoms with van der Waals surface area (Å²) in [6.45, 7) is 3.66. The molecule has 1 aliphatic carbocycles. The second kappa shape index (κ2) is 9.97. The number of nitrogens with zero attached hydrogens (tertiary/aromatic N) is 3. The summed E-state index contributed by atoms with van der Waals surface area (Å²) in [5.41, 5.74) is 1.30. The van der Waals surface area contributed by atoms with Crippen LogP contribution in [-0.4, -0.2) is 55.0 Å². The fraction of sp³-hybridized carbons (Fsp3) is 0.500. The molecular formula is C22H28ClN5O2S. The standard InChI is InChI=1S/C22H28ClN5O2S/c1-29-19-14-18(28-9-11-30-12-10-28)25-20(26-19)27-21(31)24-15-22(7-2-3-8-22)16-5-4-6-17(23)13-16/h4-6,13-14H,2-3,7-12,15H2,1H3,(H2,24,25,26,27,31). The van der Waals surface area contributed by atoms with Crippen LogP contribution < -0.4 is 20.3 Å².